The molecule has 0 aliphatic rings. The topological polar surface area (TPSA) is 53.4 Å². The fourth-order valence-electron chi connectivity index (χ4n) is 1.61. The van der Waals surface area contributed by atoms with Crippen molar-refractivity contribution < 1.29 is 9.90 Å². The molecule has 1 heterocycles. The highest BCUT2D eigenvalue weighted by Crippen LogP contribution is 2.11. The zero-order valence-electron chi connectivity index (χ0n) is 12.1. The van der Waals surface area contributed by atoms with Gasteiger partial charge in [-0.15, -0.1) is 0 Å². The molecule has 0 spiro atoms. The second-order valence-corrected chi connectivity index (χ2v) is 5.31. The molecule has 1 N–H and O–H groups in total. The maximum Gasteiger partial charge on any atom is 0.273 e. The van der Waals surface area contributed by atoms with Crippen molar-refractivity contribution in [1.29, 1.82) is 0 Å². The number of carbonyl (C=O) groups is 1. The van der Waals surface area contributed by atoms with Crippen LogP contribution in [0, 0.1) is 11.8 Å². The first-order chi connectivity index (χ1) is 9.61. The van der Waals surface area contributed by atoms with Gasteiger partial charge in [0.1, 0.15) is 5.69 Å². The number of amides is 1. The molecular formula is C15H20N2O2S. The second kappa shape index (κ2) is 8.62. The summed E-state index contributed by atoms with van der Waals surface area (Å²) in [5.74, 6) is 6.47. The molecule has 0 saturated carbocycles. The van der Waals surface area contributed by atoms with E-state index >= 15 is 0 Å². The number of nitrogens with zero attached hydrogens (tertiary/aromatic N) is 2. The molecule has 0 radical (unpaired) electrons. The molecule has 1 unspecified atom stereocenters. The Balaban J connectivity index is 2.96. The van der Waals surface area contributed by atoms with Gasteiger partial charge in [0.15, 0.2) is 0 Å². The van der Waals surface area contributed by atoms with E-state index in [1.807, 2.05) is 13.2 Å². The fourth-order valence-corrected chi connectivity index (χ4v) is 2.32. The van der Waals surface area contributed by atoms with Crippen LogP contribution in [-0.2, 0) is 0 Å². The summed E-state index contributed by atoms with van der Waals surface area (Å²) in [4.78, 5) is 18.3. The highest BCUT2D eigenvalue weighted by Gasteiger charge is 2.20. The van der Waals surface area contributed by atoms with Crippen molar-refractivity contribution in [2.24, 2.45) is 0 Å². The van der Waals surface area contributed by atoms with Crippen LogP contribution in [-0.4, -0.2) is 52.6 Å². The van der Waals surface area contributed by atoms with E-state index in [0.29, 0.717) is 17.7 Å². The van der Waals surface area contributed by atoms with Crippen molar-refractivity contribution in [2.45, 2.75) is 19.4 Å². The Bertz CT molecular complexity index is 508. The van der Waals surface area contributed by atoms with Crippen molar-refractivity contribution >= 4 is 17.7 Å². The number of aliphatic hydroxyl groups is 1. The van der Waals surface area contributed by atoms with Gasteiger partial charge in [-0.1, -0.05) is 11.8 Å². The molecule has 5 heteroatoms. The highest BCUT2D eigenvalue weighted by atomic mass is 32.2. The first-order valence-corrected chi connectivity index (χ1v) is 7.82. The Labute approximate surface area is 124 Å². The van der Waals surface area contributed by atoms with Gasteiger partial charge in [0, 0.05) is 31.5 Å². The van der Waals surface area contributed by atoms with E-state index in [1.54, 1.807) is 42.0 Å². The van der Waals surface area contributed by atoms with Gasteiger partial charge in [0.2, 0.25) is 0 Å². The minimum atomic E-state index is -0.125. The average Bonchev–Trinajstić information content (AvgIpc) is 2.47. The van der Waals surface area contributed by atoms with Gasteiger partial charge in [-0.2, -0.15) is 11.8 Å². The Morgan fingerprint density at radius 3 is 3.00 bits per heavy atom. The van der Waals surface area contributed by atoms with E-state index in [9.17, 15) is 4.79 Å². The third-order valence-corrected chi connectivity index (χ3v) is 3.68. The second-order valence-electron chi connectivity index (χ2n) is 4.40. The summed E-state index contributed by atoms with van der Waals surface area (Å²) in [6, 6.07) is 3.67. The molecule has 0 aliphatic heterocycles. The number of aliphatic hydroxyl groups excluding tert-OH is 1. The largest absolute Gasteiger partial charge is 0.395 e. The van der Waals surface area contributed by atoms with Crippen LogP contribution in [0.25, 0.3) is 0 Å². The van der Waals surface area contributed by atoms with Crippen LogP contribution in [0.3, 0.4) is 0 Å². The van der Waals surface area contributed by atoms with Crippen molar-refractivity contribution in [3.63, 3.8) is 0 Å². The standard InChI is InChI=1S/C15H20N2O2S/c1-12(11-20-3)17(2)15(19)14-13(7-4-5-10-18)8-6-9-16-14/h6,8-9,12,18H,5,10-11H2,1-3H3. The van der Waals surface area contributed by atoms with Crippen molar-refractivity contribution in [1.82, 2.24) is 9.88 Å². The number of carbonyl (C=O) groups excluding carboxylic acids is 1. The van der Waals surface area contributed by atoms with Crippen molar-refractivity contribution in [3.05, 3.63) is 29.6 Å². The summed E-state index contributed by atoms with van der Waals surface area (Å²) >= 11 is 1.70. The number of aromatic nitrogens is 1. The minimum Gasteiger partial charge on any atom is -0.395 e. The molecule has 1 rings (SSSR count). The molecule has 1 amide bonds. The normalized spacial score (nSPS) is 11.4. The Morgan fingerprint density at radius 1 is 1.60 bits per heavy atom. The van der Waals surface area contributed by atoms with Crippen LogP contribution >= 0.6 is 11.8 Å². The van der Waals surface area contributed by atoms with E-state index in [-0.39, 0.29) is 18.6 Å². The summed E-state index contributed by atoms with van der Waals surface area (Å²) < 4.78 is 0. The number of thioether (sulfide) groups is 1. The number of rotatable bonds is 5. The number of pyridine rings is 1. The third-order valence-electron chi connectivity index (χ3n) is 2.86. The number of hydrogen-bond donors (Lipinski definition) is 1. The third kappa shape index (κ3) is 4.55. The quantitative estimate of drug-likeness (QED) is 0.838. The predicted octanol–water partition coefficient (Wildman–Crippen LogP) is 1.64. The fraction of sp³-hybridized carbons (Fsp3) is 0.467. The molecule has 0 bridgehead atoms. The van der Waals surface area contributed by atoms with E-state index in [4.69, 9.17) is 5.11 Å². The lowest BCUT2D eigenvalue weighted by atomic mass is 10.1. The summed E-state index contributed by atoms with van der Waals surface area (Å²) in [6.45, 7) is 2.02. The van der Waals surface area contributed by atoms with Gasteiger partial charge in [0.25, 0.3) is 5.91 Å². The van der Waals surface area contributed by atoms with Crippen LogP contribution in [0.4, 0.5) is 0 Å². The Hall–Kier alpha value is -1.51. The molecule has 0 saturated heterocycles. The van der Waals surface area contributed by atoms with Gasteiger partial charge in [-0.05, 0) is 25.3 Å². The lowest BCUT2D eigenvalue weighted by Crippen LogP contribution is -2.37. The molecular weight excluding hydrogens is 272 g/mol. The average molecular weight is 292 g/mol. The smallest absolute Gasteiger partial charge is 0.273 e. The zero-order valence-corrected chi connectivity index (χ0v) is 12.9. The van der Waals surface area contributed by atoms with E-state index in [2.05, 4.69) is 16.8 Å². The molecule has 1 atom stereocenters. The zero-order chi connectivity index (χ0) is 15.0. The van der Waals surface area contributed by atoms with Crippen molar-refractivity contribution in [3.8, 4) is 11.8 Å². The van der Waals surface area contributed by atoms with Gasteiger partial charge < -0.3 is 10.0 Å². The summed E-state index contributed by atoms with van der Waals surface area (Å²) in [5, 5.41) is 8.75. The van der Waals surface area contributed by atoms with E-state index < -0.39 is 0 Å². The first-order valence-electron chi connectivity index (χ1n) is 6.42. The van der Waals surface area contributed by atoms with Gasteiger partial charge in [0.05, 0.1) is 12.2 Å². The molecule has 4 nitrogen and oxygen atoms in total. The summed E-state index contributed by atoms with van der Waals surface area (Å²) in [7, 11) is 1.78. The molecule has 20 heavy (non-hydrogen) atoms. The van der Waals surface area contributed by atoms with Crippen LogP contribution < -0.4 is 0 Å². The maximum absolute atomic E-state index is 12.5. The summed E-state index contributed by atoms with van der Waals surface area (Å²) in [6.07, 6.45) is 4.00. The Morgan fingerprint density at radius 2 is 2.35 bits per heavy atom. The molecule has 0 aromatic carbocycles. The lowest BCUT2D eigenvalue weighted by molar-refractivity contribution is 0.0751. The molecule has 1 aromatic rings. The number of hydrogen-bond acceptors (Lipinski definition) is 4. The van der Waals surface area contributed by atoms with Gasteiger partial charge in [-0.25, -0.2) is 4.98 Å². The molecule has 0 aliphatic carbocycles. The monoisotopic (exact) mass is 292 g/mol. The van der Waals surface area contributed by atoms with Crippen LogP contribution in [0.1, 0.15) is 29.4 Å². The minimum absolute atomic E-state index is 0.0151. The van der Waals surface area contributed by atoms with Crippen LogP contribution in [0.15, 0.2) is 18.3 Å². The first kappa shape index (κ1) is 16.5. The molecule has 0 fully saturated rings. The van der Waals surface area contributed by atoms with E-state index in [0.717, 1.165) is 5.75 Å². The van der Waals surface area contributed by atoms with Crippen LogP contribution in [0.2, 0.25) is 0 Å². The Kier molecular flexibility index (Phi) is 7.13. The lowest BCUT2D eigenvalue weighted by Gasteiger charge is -2.24. The van der Waals surface area contributed by atoms with Gasteiger partial charge >= 0.3 is 0 Å². The molecule has 108 valence electrons. The maximum atomic E-state index is 12.5. The van der Waals surface area contributed by atoms with Gasteiger partial charge in [-0.3, -0.25) is 4.79 Å². The highest BCUT2D eigenvalue weighted by molar-refractivity contribution is 7.98. The van der Waals surface area contributed by atoms with Crippen molar-refractivity contribution in [2.75, 3.05) is 25.7 Å². The molecule has 1 aromatic heterocycles. The predicted molar refractivity (Wildman–Crippen MR) is 82.8 cm³/mol. The summed E-state index contributed by atoms with van der Waals surface area (Å²) in [5.41, 5.74) is 0.975. The van der Waals surface area contributed by atoms with Crippen LogP contribution in [0.5, 0.6) is 0 Å². The van der Waals surface area contributed by atoms with E-state index in [1.165, 1.54) is 0 Å². The SMILES string of the molecule is CSCC(C)N(C)C(=O)c1ncccc1C#CCCO.